The number of hydrogen-bond acceptors (Lipinski definition) is 4. The number of carbonyl (C=O) groups excluding carboxylic acids is 1. The Bertz CT molecular complexity index is 1080. The van der Waals surface area contributed by atoms with Gasteiger partial charge in [-0.05, 0) is 77.1 Å². The van der Waals surface area contributed by atoms with Crippen molar-refractivity contribution in [1.82, 2.24) is 15.2 Å². The molecule has 200 valence electrons. The van der Waals surface area contributed by atoms with E-state index in [0.717, 1.165) is 12.1 Å². The molecule has 0 saturated carbocycles. The van der Waals surface area contributed by atoms with E-state index in [2.05, 4.69) is 93.8 Å². The molecule has 0 spiro atoms. The zero-order valence-electron chi connectivity index (χ0n) is 23.8. The zero-order valence-corrected chi connectivity index (χ0v) is 23.8. The SMILES string of the molecule is Cc1ccc(C(NC(CN[C@H](C)CC(C)C)c2cccn2C(=O)OC(C)(C)C)c2ccc(C)cc2)cc1. The number of ether oxygens (including phenoxy) is 1. The first-order chi connectivity index (χ1) is 17.4. The fourth-order valence-corrected chi connectivity index (χ4v) is 4.62. The van der Waals surface area contributed by atoms with Crippen molar-refractivity contribution in [3.63, 3.8) is 0 Å². The van der Waals surface area contributed by atoms with Gasteiger partial charge in [-0.3, -0.25) is 9.88 Å². The molecular formula is C32H45N3O2. The molecule has 0 amide bonds. The standard InChI is InChI=1S/C32H45N3O2/c1-22(2)20-25(5)33-21-28(29-10-9-19-35(29)31(36)37-32(6,7)8)34-30(26-15-11-23(3)12-16-26)27-17-13-24(4)14-18-27/h9-19,22,25,28,30,33-34H,20-21H2,1-8H3/t25-,28?/m1/s1. The van der Waals surface area contributed by atoms with Crippen molar-refractivity contribution in [3.8, 4) is 0 Å². The Morgan fingerprint density at radius 3 is 1.92 bits per heavy atom. The van der Waals surface area contributed by atoms with Gasteiger partial charge in [-0.2, -0.15) is 0 Å². The predicted molar refractivity (Wildman–Crippen MR) is 153 cm³/mol. The summed E-state index contributed by atoms with van der Waals surface area (Å²) in [6.07, 6.45) is 2.51. The van der Waals surface area contributed by atoms with E-state index in [9.17, 15) is 4.79 Å². The second-order valence-corrected chi connectivity index (χ2v) is 11.7. The summed E-state index contributed by atoms with van der Waals surface area (Å²) in [4.78, 5) is 13.1. The van der Waals surface area contributed by atoms with Crippen molar-refractivity contribution < 1.29 is 9.53 Å². The van der Waals surface area contributed by atoms with Crippen LogP contribution in [-0.2, 0) is 4.74 Å². The van der Waals surface area contributed by atoms with Crippen LogP contribution in [0.3, 0.4) is 0 Å². The highest BCUT2D eigenvalue weighted by Gasteiger charge is 2.26. The first-order valence-electron chi connectivity index (χ1n) is 13.5. The Morgan fingerprint density at radius 1 is 0.892 bits per heavy atom. The molecule has 2 atom stereocenters. The first-order valence-corrected chi connectivity index (χ1v) is 13.5. The van der Waals surface area contributed by atoms with Gasteiger partial charge in [0.25, 0.3) is 0 Å². The van der Waals surface area contributed by atoms with Crippen LogP contribution in [0.2, 0.25) is 0 Å². The Morgan fingerprint density at radius 2 is 1.43 bits per heavy atom. The van der Waals surface area contributed by atoms with Gasteiger partial charge >= 0.3 is 6.09 Å². The lowest BCUT2D eigenvalue weighted by molar-refractivity contribution is 0.0529. The van der Waals surface area contributed by atoms with Crippen LogP contribution in [0.15, 0.2) is 66.9 Å². The molecule has 1 aromatic heterocycles. The lowest BCUT2D eigenvalue weighted by atomic mass is 9.95. The summed E-state index contributed by atoms with van der Waals surface area (Å²) < 4.78 is 7.37. The van der Waals surface area contributed by atoms with Crippen molar-refractivity contribution in [3.05, 3.63) is 94.8 Å². The summed E-state index contributed by atoms with van der Waals surface area (Å²) in [5.41, 5.74) is 5.13. The summed E-state index contributed by atoms with van der Waals surface area (Å²) >= 11 is 0. The second-order valence-electron chi connectivity index (χ2n) is 11.7. The van der Waals surface area contributed by atoms with E-state index in [4.69, 9.17) is 4.74 Å². The summed E-state index contributed by atoms with van der Waals surface area (Å²) in [6, 6.07) is 21.5. The summed E-state index contributed by atoms with van der Waals surface area (Å²) in [5.74, 6) is 0.604. The molecule has 0 saturated heterocycles. The number of carbonyl (C=O) groups is 1. The number of nitrogens with one attached hydrogen (secondary N) is 2. The predicted octanol–water partition coefficient (Wildman–Crippen LogP) is 7.33. The second kappa shape index (κ2) is 12.6. The number of aromatic nitrogens is 1. The minimum Gasteiger partial charge on any atom is -0.443 e. The van der Waals surface area contributed by atoms with E-state index in [1.54, 1.807) is 10.8 Å². The smallest absolute Gasteiger partial charge is 0.418 e. The number of hydrogen-bond donors (Lipinski definition) is 2. The molecule has 0 aliphatic heterocycles. The topological polar surface area (TPSA) is 55.3 Å². The molecule has 3 aromatic rings. The monoisotopic (exact) mass is 503 g/mol. The average Bonchev–Trinajstić information content (AvgIpc) is 3.29. The van der Waals surface area contributed by atoms with E-state index in [0.29, 0.717) is 18.5 Å². The molecule has 0 aliphatic rings. The minimum absolute atomic E-state index is 0.0459. The zero-order chi connectivity index (χ0) is 27.2. The van der Waals surface area contributed by atoms with Gasteiger partial charge < -0.3 is 10.1 Å². The fraction of sp³-hybridized carbons (Fsp3) is 0.469. The number of nitrogens with zero attached hydrogens (tertiary/aromatic N) is 1. The van der Waals surface area contributed by atoms with Gasteiger partial charge in [-0.1, -0.05) is 73.5 Å². The molecule has 2 aromatic carbocycles. The molecule has 37 heavy (non-hydrogen) atoms. The molecule has 1 unspecified atom stereocenters. The Labute approximate surface area is 223 Å². The Balaban J connectivity index is 1.99. The van der Waals surface area contributed by atoms with Crippen LogP contribution in [-0.4, -0.2) is 28.8 Å². The molecule has 0 fully saturated rings. The van der Waals surface area contributed by atoms with Gasteiger partial charge in [0.1, 0.15) is 5.60 Å². The van der Waals surface area contributed by atoms with Crippen molar-refractivity contribution in [1.29, 1.82) is 0 Å². The van der Waals surface area contributed by atoms with Gasteiger partial charge in [0.2, 0.25) is 0 Å². The third kappa shape index (κ3) is 8.58. The Hall–Kier alpha value is -2.89. The van der Waals surface area contributed by atoms with Crippen LogP contribution >= 0.6 is 0 Å². The lowest BCUT2D eigenvalue weighted by Gasteiger charge is -2.30. The van der Waals surface area contributed by atoms with Crippen molar-refractivity contribution >= 4 is 6.09 Å². The lowest BCUT2D eigenvalue weighted by Crippen LogP contribution is -2.40. The van der Waals surface area contributed by atoms with Crippen LogP contribution in [0.5, 0.6) is 0 Å². The van der Waals surface area contributed by atoms with Crippen LogP contribution in [0.1, 0.15) is 88.0 Å². The Kier molecular flexibility index (Phi) is 9.74. The molecule has 0 bridgehead atoms. The molecule has 1 heterocycles. The van der Waals surface area contributed by atoms with E-state index in [1.807, 2.05) is 32.9 Å². The first kappa shape index (κ1) is 28.7. The highest BCUT2D eigenvalue weighted by molar-refractivity contribution is 5.72. The average molecular weight is 504 g/mol. The molecule has 2 N–H and O–H groups in total. The number of benzene rings is 2. The van der Waals surface area contributed by atoms with Gasteiger partial charge in [0.05, 0.1) is 12.1 Å². The van der Waals surface area contributed by atoms with Crippen LogP contribution in [0.25, 0.3) is 0 Å². The van der Waals surface area contributed by atoms with Gasteiger partial charge in [-0.15, -0.1) is 0 Å². The minimum atomic E-state index is -0.572. The molecule has 0 radical (unpaired) electrons. The van der Waals surface area contributed by atoms with Crippen LogP contribution in [0, 0.1) is 19.8 Å². The fourth-order valence-electron chi connectivity index (χ4n) is 4.62. The van der Waals surface area contributed by atoms with Crippen LogP contribution < -0.4 is 10.6 Å². The van der Waals surface area contributed by atoms with E-state index < -0.39 is 5.60 Å². The highest BCUT2D eigenvalue weighted by atomic mass is 16.6. The summed E-state index contributed by atoms with van der Waals surface area (Å²) in [6.45, 7) is 17.3. The third-order valence-electron chi connectivity index (χ3n) is 6.41. The quantitative estimate of drug-likeness (QED) is 0.304. The third-order valence-corrected chi connectivity index (χ3v) is 6.41. The summed E-state index contributed by atoms with van der Waals surface area (Å²) in [5, 5.41) is 7.62. The van der Waals surface area contributed by atoms with Gasteiger partial charge in [-0.25, -0.2) is 4.79 Å². The van der Waals surface area contributed by atoms with E-state index in [-0.39, 0.29) is 18.2 Å². The maximum atomic E-state index is 13.1. The largest absolute Gasteiger partial charge is 0.443 e. The van der Waals surface area contributed by atoms with E-state index >= 15 is 0 Å². The molecule has 5 heteroatoms. The van der Waals surface area contributed by atoms with Gasteiger partial charge in [0, 0.05) is 24.5 Å². The van der Waals surface area contributed by atoms with Crippen molar-refractivity contribution in [2.45, 2.75) is 85.5 Å². The van der Waals surface area contributed by atoms with Gasteiger partial charge in [0.15, 0.2) is 0 Å². The maximum absolute atomic E-state index is 13.1. The van der Waals surface area contributed by atoms with E-state index in [1.165, 1.54) is 22.3 Å². The van der Waals surface area contributed by atoms with Crippen molar-refractivity contribution in [2.24, 2.45) is 5.92 Å². The molecule has 5 nitrogen and oxygen atoms in total. The van der Waals surface area contributed by atoms with Crippen LogP contribution in [0.4, 0.5) is 4.79 Å². The molecular weight excluding hydrogens is 458 g/mol. The number of aryl methyl sites for hydroxylation is 2. The highest BCUT2D eigenvalue weighted by Crippen LogP contribution is 2.28. The molecule has 3 rings (SSSR count). The normalized spacial score (nSPS) is 13.7. The summed E-state index contributed by atoms with van der Waals surface area (Å²) in [7, 11) is 0. The molecule has 0 aliphatic carbocycles. The maximum Gasteiger partial charge on any atom is 0.418 e. The number of rotatable bonds is 10. The van der Waals surface area contributed by atoms with Crippen molar-refractivity contribution in [2.75, 3.05) is 6.54 Å².